The molecule has 2 N–H and O–H groups in total. The van der Waals surface area contributed by atoms with Crippen LogP contribution in [0.5, 0.6) is 0 Å². The maximum Gasteiger partial charge on any atom is 0.279 e. The van der Waals surface area contributed by atoms with Crippen molar-refractivity contribution in [1.82, 2.24) is 10.6 Å². The zero-order valence-corrected chi connectivity index (χ0v) is 12.9. The molecule has 1 heterocycles. The first-order chi connectivity index (χ1) is 9.06. The smallest absolute Gasteiger partial charge is 0.279 e. The summed E-state index contributed by atoms with van der Waals surface area (Å²) in [5.74, 6) is 0.393. The molecule has 1 saturated heterocycles. The lowest BCUT2D eigenvalue weighted by Crippen LogP contribution is -2.46. The van der Waals surface area contributed by atoms with Gasteiger partial charge in [-0.1, -0.05) is 45.9 Å². The van der Waals surface area contributed by atoms with Crippen molar-refractivity contribution in [3.63, 3.8) is 0 Å². The maximum atomic E-state index is 11.9. The molecular weight excluding hydrogens is 328 g/mol. The molecule has 1 aliphatic heterocycles. The van der Waals surface area contributed by atoms with E-state index >= 15 is 0 Å². The van der Waals surface area contributed by atoms with Crippen LogP contribution in [0.3, 0.4) is 0 Å². The van der Waals surface area contributed by atoms with E-state index in [1.54, 1.807) is 0 Å². The molecule has 102 valence electrons. The van der Waals surface area contributed by atoms with Crippen molar-refractivity contribution in [2.24, 2.45) is 0 Å². The summed E-state index contributed by atoms with van der Waals surface area (Å²) in [5.41, 5.74) is 1.15. The van der Waals surface area contributed by atoms with Gasteiger partial charge in [-0.25, -0.2) is 0 Å². The summed E-state index contributed by atoms with van der Waals surface area (Å²) in [7, 11) is 0. The molecule has 1 aliphatic rings. The SMILES string of the molecule is C[C@@H](Cc1ccccc1Br)NC(=O)[C@@H]1CSC(=O)N1. The minimum atomic E-state index is -0.404. The van der Waals surface area contributed by atoms with Crippen LogP contribution in [-0.4, -0.2) is 29.0 Å². The van der Waals surface area contributed by atoms with Crippen LogP contribution in [0.2, 0.25) is 0 Å². The van der Waals surface area contributed by atoms with Crippen LogP contribution in [-0.2, 0) is 11.2 Å². The van der Waals surface area contributed by atoms with Crippen LogP contribution < -0.4 is 10.6 Å². The number of amides is 2. The molecule has 4 nitrogen and oxygen atoms in total. The number of benzene rings is 1. The Morgan fingerprint density at radius 1 is 1.58 bits per heavy atom. The van der Waals surface area contributed by atoms with Crippen LogP contribution in [0.1, 0.15) is 12.5 Å². The summed E-state index contributed by atoms with van der Waals surface area (Å²) < 4.78 is 1.04. The van der Waals surface area contributed by atoms with E-state index in [2.05, 4.69) is 26.6 Å². The fraction of sp³-hybridized carbons (Fsp3) is 0.385. The van der Waals surface area contributed by atoms with Crippen molar-refractivity contribution < 1.29 is 9.59 Å². The van der Waals surface area contributed by atoms with E-state index in [9.17, 15) is 9.59 Å². The first-order valence-corrected chi connectivity index (χ1v) is 7.81. The fourth-order valence-electron chi connectivity index (χ4n) is 1.91. The Bertz CT molecular complexity index is 495. The van der Waals surface area contributed by atoms with Gasteiger partial charge in [-0.05, 0) is 25.0 Å². The molecule has 0 saturated carbocycles. The fourth-order valence-corrected chi connectivity index (χ4v) is 3.14. The third-order valence-corrected chi connectivity index (χ3v) is 4.52. The third-order valence-electron chi connectivity index (χ3n) is 2.86. The molecule has 0 aliphatic carbocycles. The van der Waals surface area contributed by atoms with Gasteiger partial charge in [0.2, 0.25) is 5.91 Å². The molecule has 2 rings (SSSR count). The minimum Gasteiger partial charge on any atom is -0.352 e. The number of rotatable bonds is 4. The van der Waals surface area contributed by atoms with E-state index in [1.165, 1.54) is 0 Å². The maximum absolute atomic E-state index is 11.9. The monoisotopic (exact) mass is 342 g/mol. The van der Waals surface area contributed by atoms with E-state index < -0.39 is 6.04 Å². The Morgan fingerprint density at radius 2 is 2.32 bits per heavy atom. The molecule has 0 radical (unpaired) electrons. The Kier molecular flexibility index (Phi) is 4.87. The standard InChI is InChI=1S/C13H15BrN2O2S/c1-8(6-9-4-2-3-5-10(9)14)15-12(17)11-7-19-13(18)16-11/h2-5,8,11H,6-7H2,1H3,(H,15,17)(H,16,18)/t8-,11-/m0/s1. The molecule has 6 heteroatoms. The molecular formula is C13H15BrN2O2S. The Morgan fingerprint density at radius 3 is 2.95 bits per heavy atom. The van der Waals surface area contributed by atoms with Crippen LogP contribution >= 0.6 is 27.7 Å². The highest BCUT2D eigenvalue weighted by Gasteiger charge is 2.28. The number of thioether (sulfide) groups is 1. The van der Waals surface area contributed by atoms with Gasteiger partial charge in [0.1, 0.15) is 6.04 Å². The highest BCUT2D eigenvalue weighted by atomic mass is 79.9. The average Bonchev–Trinajstić information content (AvgIpc) is 2.79. The summed E-state index contributed by atoms with van der Waals surface area (Å²) in [6.07, 6.45) is 0.751. The largest absolute Gasteiger partial charge is 0.352 e. The molecule has 2 atom stereocenters. The van der Waals surface area contributed by atoms with Crippen LogP contribution in [0, 0.1) is 0 Å². The van der Waals surface area contributed by atoms with Gasteiger partial charge in [-0.3, -0.25) is 9.59 Å². The van der Waals surface area contributed by atoms with Gasteiger partial charge in [-0.2, -0.15) is 0 Å². The van der Waals surface area contributed by atoms with Gasteiger partial charge in [-0.15, -0.1) is 0 Å². The minimum absolute atomic E-state index is 0.0219. The second-order valence-electron chi connectivity index (χ2n) is 4.50. The van der Waals surface area contributed by atoms with E-state index in [0.29, 0.717) is 5.75 Å². The van der Waals surface area contributed by atoms with Gasteiger partial charge in [0.25, 0.3) is 5.24 Å². The van der Waals surface area contributed by atoms with Crippen molar-refractivity contribution in [1.29, 1.82) is 0 Å². The molecule has 1 aromatic carbocycles. The molecule has 19 heavy (non-hydrogen) atoms. The molecule has 1 fully saturated rings. The highest BCUT2D eigenvalue weighted by Crippen LogP contribution is 2.18. The topological polar surface area (TPSA) is 58.2 Å². The third kappa shape index (κ3) is 3.98. The Labute approximate surface area is 124 Å². The van der Waals surface area contributed by atoms with Crippen molar-refractivity contribution in [3.8, 4) is 0 Å². The van der Waals surface area contributed by atoms with E-state index in [4.69, 9.17) is 0 Å². The molecule has 1 aromatic rings. The summed E-state index contributed by atoms with van der Waals surface area (Å²) in [6.45, 7) is 1.96. The zero-order chi connectivity index (χ0) is 13.8. The summed E-state index contributed by atoms with van der Waals surface area (Å²) >= 11 is 4.64. The van der Waals surface area contributed by atoms with Gasteiger partial charge >= 0.3 is 0 Å². The second-order valence-corrected chi connectivity index (χ2v) is 6.35. The lowest BCUT2D eigenvalue weighted by Gasteiger charge is -2.17. The number of hydrogen-bond donors (Lipinski definition) is 2. The van der Waals surface area contributed by atoms with Gasteiger partial charge in [0, 0.05) is 16.3 Å². The van der Waals surface area contributed by atoms with Crippen molar-refractivity contribution >= 4 is 38.8 Å². The lowest BCUT2D eigenvalue weighted by atomic mass is 10.1. The summed E-state index contributed by atoms with van der Waals surface area (Å²) in [4.78, 5) is 23.0. The first kappa shape index (κ1) is 14.4. The van der Waals surface area contributed by atoms with Crippen LogP contribution in [0.15, 0.2) is 28.7 Å². The molecule has 0 bridgehead atoms. The predicted molar refractivity (Wildman–Crippen MR) is 80.2 cm³/mol. The highest BCUT2D eigenvalue weighted by molar-refractivity contribution is 9.10. The summed E-state index contributed by atoms with van der Waals surface area (Å²) in [5, 5.41) is 5.44. The quantitative estimate of drug-likeness (QED) is 0.882. The van der Waals surface area contributed by atoms with E-state index in [0.717, 1.165) is 28.2 Å². The number of hydrogen-bond acceptors (Lipinski definition) is 3. The Balaban J connectivity index is 1.87. The molecule has 0 aromatic heterocycles. The first-order valence-electron chi connectivity index (χ1n) is 6.03. The second kappa shape index (κ2) is 6.43. The number of carbonyl (C=O) groups is 2. The normalized spacial score (nSPS) is 19.9. The summed E-state index contributed by atoms with van der Waals surface area (Å²) in [6, 6.07) is 7.57. The zero-order valence-electron chi connectivity index (χ0n) is 10.5. The predicted octanol–water partition coefficient (Wildman–Crippen LogP) is 2.32. The van der Waals surface area contributed by atoms with Crippen LogP contribution in [0.25, 0.3) is 0 Å². The number of nitrogens with one attached hydrogen (secondary N) is 2. The molecule has 0 spiro atoms. The molecule has 2 amide bonds. The Hall–Kier alpha value is -1.01. The van der Waals surface area contributed by atoms with E-state index in [-0.39, 0.29) is 17.2 Å². The van der Waals surface area contributed by atoms with Crippen LogP contribution in [0.4, 0.5) is 4.79 Å². The van der Waals surface area contributed by atoms with Gasteiger partial charge in [0.05, 0.1) is 0 Å². The van der Waals surface area contributed by atoms with Gasteiger partial charge < -0.3 is 10.6 Å². The van der Waals surface area contributed by atoms with E-state index in [1.807, 2.05) is 31.2 Å². The van der Waals surface area contributed by atoms with Crippen molar-refractivity contribution in [3.05, 3.63) is 34.3 Å². The number of carbonyl (C=O) groups excluding carboxylic acids is 2. The lowest BCUT2D eigenvalue weighted by molar-refractivity contribution is -0.122. The number of halogens is 1. The van der Waals surface area contributed by atoms with Crippen molar-refractivity contribution in [2.45, 2.75) is 25.4 Å². The molecule has 0 unspecified atom stereocenters. The average molecular weight is 343 g/mol. The van der Waals surface area contributed by atoms with Crippen molar-refractivity contribution in [2.75, 3.05) is 5.75 Å². The van der Waals surface area contributed by atoms with Gasteiger partial charge in [0.15, 0.2) is 0 Å².